The molecule has 88 valence electrons. The van der Waals surface area contributed by atoms with Crippen molar-refractivity contribution in [2.24, 2.45) is 0 Å². The van der Waals surface area contributed by atoms with Crippen LogP contribution in [0.25, 0.3) is 0 Å². The molecule has 1 atom stereocenters. The van der Waals surface area contributed by atoms with E-state index >= 15 is 0 Å². The topological polar surface area (TPSA) is 38.1 Å². The first-order chi connectivity index (χ1) is 7.59. The number of halogens is 1. The maximum atomic E-state index is 12.1. The van der Waals surface area contributed by atoms with Crippen molar-refractivity contribution in [3.05, 3.63) is 22.7 Å². The van der Waals surface area contributed by atoms with Crippen LogP contribution in [0, 0.1) is 0 Å². The van der Waals surface area contributed by atoms with Gasteiger partial charge in [-0.3, -0.25) is 4.79 Å². The van der Waals surface area contributed by atoms with Gasteiger partial charge >= 0.3 is 0 Å². The second kappa shape index (κ2) is 4.45. The average Bonchev–Trinajstić information content (AvgIpc) is 3.00. The highest BCUT2D eigenvalue weighted by atomic mass is 35.5. The Morgan fingerprint density at radius 3 is 2.94 bits per heavy atom. The number of rotatable bonds is 4. The van der Waals surface area contributed by atoms with Crippen molar-refractivity contribution in [1.82, 2.24) is 9.55 Å². The summed E-state index contributed by atoms with van der Waals surface area (Å²) in [5, 5.41) is 0.000723. The van der Waals surface area contributed by atoms with Crippen molar-refractivity contribution >= 4 is 17.4 Å². The average molecular weight is 242 g/mol. The minimum absolute atomic E-state index is 0.000723. The molecule has 1 fully saturated rings. The monoisotopic (exact) mass is 241 g/mol. The van der Waals surface area contributed by atoms with Gasteiger partial charge in [-0.25, -0.2) is 4.98 Å². The van der Waals surface area contributed by atoms with Crippen LogP contribution < -0.4 is 10.5 Å². The zero-order chi connectivity index (χ0) is 11.7. The van der Waals surface area contributed by atoms with E-state index in [9.17, 15) is 4.79 Å². The van der Waals surface area contributed by atoms with Crippen LogP contribution in [0.4, 0.5) is 5.82 Å². The van der Waals surface area contributed by atoms with E-state index in [1.165, 1.54) is 0 Å². The van der Waals surface area contributed by atoms with Gasteiger partial charge in [0.15, 0.2) is 5.82 Å². The third-order valence-electron chi connectivity index (χ3n) is 2.68. The van der Waals surface area contributed by atoms with Crippen LogP contribution in [-0.2, 0) is 0 Å². The van der Waals surface area contributed by atoms with Gasteiger partial charge in [0.25, 0.3) is 5.56 Å². The maximum Gasteiger partial charge on any atom is 0.293 e. The largest absolute Gasteiger partial charge is 0.354 e. The lowest BCUT2D eigenvalue weighted by atomic mass is 10.4. The van der Waals surface area contributed by atoms with Crippen LogP contribution in [0.2, 0.25) is 0 Å². The smallest absolute Gasteiger partial charge is 0.293 e. The van der Waals surface area contributed by atoms with Crippen molar-refractivity contribution in [3.8, 4) is 0 Å². The normalized spacial score (nSPS) is 17.2. The molecule has 1 aromatic heterocycles. The zero-order valence-electron chi connectivity index (χ0n) is 9.56. The lowest BCUT2D eigenvalue weighted by Gasteiger charge is -2.19. The van der Waals surface area contributed by atoms with E-state index in [4.69, 9.17) is 11.6 Å². The van der Waals surface area contributed by atoms with Crippen molar-refractivity contribution in [2.45, 2.75) is 31.2 Å². The second-order valence-electron chi connectivity index (χ2n) is 4.36. The van der Waals surface area contributed by atoms with Crippen LogP contribution in [0.3, 0.4) is 0 Å². The Kier molecular flexibility index (Phi) is 3.19. The number of hydrogen-bond donors (Lipinski definition) is 0. The molecule has 1 saturated carbocycles. The van der Waals surface area contributed by atoms with E-state index < -0.39 is 0 Å². The zero-order valence-corrected chi connectivity index (χ0v) is 10.3. The molecule has 0 saturated heterocycles. The molecule has 1 heterocycles. The van der Waals surface area contributed by atoms with Crippen molar-refractivity contribution in [3.63, 3.8) is 0 Å². The Bertz CT molecular complexity index is 425. The Morgan fingerprint density at radius 1 is 1.69 bits per heavy atom. The van der Waals surface area contributed by atoms with E-state index in [0.29, 0.717) is 18.4 Å². The van der Waals surface area contributed by atoms with Gasteiger partial charge in [-0.15, -0.1) is 11.6 Å². The molecule has 1 aliphatic rings. The van der Waals surface area contributed by atoms with Gasteiger partial charge in [0.2, 0.25) is 0 Å². The summed E-state index contributed by atoms with van der Waals surface area (Å²) in [6, 6.07) is 0.385. The van der Waals surface area contributed by atoms with Gasteiger partial charge in [-0.05, 0) is 19.8 Å². The highest BCUT2D eigenvalue weighted by Crippen LogP contribution is 2.33. The van der Waals surface area contributed by atoms with E-state index in [0.717, 1.165) is 12.8 Å². The van der Waals surface area contributed by atoms with Gasteiger partial charge in [0.05, 0.1) is 0 Å². The number of hydrogen-bond acceptors (Lipinski definition) is 3. The summed E-state index contributed by atoms with van der Waals surface area (Å²) in [4.78, 5) is 18.0. The maximum absolute atomic E-state index is 12.1. The molecule has 0 amide bonds. The summed E-state index contributed by atoms with van der Waals surface area (Å²) < 4.78 is 1.78. The first-order valence-corrected chi connectivity index (χ1v) is 5.95. The fourth-order valence-electron chi connectivity index (χ4n) is 1.78. The van der Waals surface area contributed by atoms with E-state index in [1.807, 2.05) is 18.9 Å². The molecule has 16 heavy (non-hydrogen) atoms. The molecular formula is C11H16ClN3O. The SMILES string of the molecule is CC(Cl)CN(C)c1nccn(C2CC2)c1=O. The van der Waals surface area contributed by atoms with Crippen LogP contribution in [0.1, 0.15) is 25.8 Å². The standard InChI is InChI=1S/C11H16ClN3O/c1-8(12)7-14(2)10-11(16)15(6-5-13-10)9-3-4-9/h5-6,8-9H,3-4,7H2,1-2H3. The van der Waals surface area contributed by atoms with Crippen LogP contribution >= 0.6 is 11.6 Å². The first kappa shape index (κ1) is 11.5. The molecule has 0 radical (unpaired) electrons. The third kappa shape index (κ3) is 2.38. The van der Waals surface area contributed by atoms with Crippen molar-refractivity contribution in [2.75, 3.05) is 18.5 Å². The summed E-state index contributed by atoms with van der Waals surface area (Å²) >= 11 is 5.91. The Morgan fingerprint density at radius 2 is 2.38 bits per heavy atom. The second-order valence-corrected chi connectivity index (χ2v) is 5.10. The third-order valence-corrected chi connectivity index (χ3v) is 2.82. The highest BCUT2D eigenvalue weighted by Gasteiger charge is 2.25. The Balaban J connectivity index is 2.26. The fraction of sp³-hybridized carbons (Fsp3) is 0.636. The van der Waals surface area contributed by atoms with Gasteiger partial charge in [-0.1, -0.05) is 0 Å². The number of alkyl halides is 1. The number of aromatic nitrogens is 2. The molecule has 0 bridgehead atoms. The molecule has 0 aliphatic heterocycles. The molecule has 0 spiro atoms. The van der Waals surface area contributed by atoms with Crippen molar-refractivity contribution < 1.29 is 0 Å². The molecule has 5 heteroatoms. The van der Waals surface area contributed by atoms with Gasteiger partial charge < -0.3 is 9.47 Å². The summed E-state index contributed by atoms with van der Waals surface area (Å²) in [5.74, 6) is 0.488. The quantitative estimate of drug-likeness (QED) is 0.753. The Labute approximate surface area is 99.9 Å². The number of nitrogens with zero attached hydrogens (tertiary/aromatic N) is 3. The van der Waals surface area contributed by atoms with Gasteiger partial charge in [0, 0.05) is 37.4 Å². The summed E-state index contributed by atoms with van der Waals surface area (Å²) in [6.07, 6.45) is 5.64. The summed E-state index contributed by atoms with van der Waals surface area (Å²) in [6.45, 7) is 2.53. The van der Waals surface area contributed by atoms with E-state index in [2.05, 4.69) is 4.98 Å². The minimum atomic E-state index is -0.00943. The van der Waals surface area contributed by atoms with Crippen molar-refractivity contribution in [1.29, 1.82) is 0 Å². The van der Waals surface area contributed by atoms with Crippen LogP contribution in [-0.4, -0.2) is 28.5 Å². The van der Waals surface area contributed by atoms with Crippen LogP contribution in [0.15, 0.2) is 17.2 Å². The van der Waals surface area contributed by atoms with Gasteiger partial charge in [-0.2, -0.15) is 0 Å². The van der Waals surface area contributed by atoms with Gasteiger partial charge in [0.1, 0.15) is 0 Å². The van der Waals surface area contributed by atoms with E-state index in [-0.39, 0.29) is 10.9 Å². The number of anilines is 1. The predicted octanol–water partition coefficient (Wildman–Crippen LogP) is 1.64. The lowest BCUT2D eigenvalue weighted by Crippen LogP contribution is -2.33. The summed E-state index contributed by atoms with van der Waals surface area (Å²) in [7, 11) is 1.85. The molecular weight excluding hydrogens is 226 g/mol. The molecule has 2 rings (SSSR count). The molecule has 0 N–H and O–H groups in total. The molecule has 1 unspecified atom stereocenters. The molecule has 1 aromatic rings. The lowest BCUT2D eigenvalue weighted by molar-refractivity contribution is 0.689. The Hall–Kier alpha value is -1.03. The molecule has 1 aliphatic carbocycles. The molecule has 0 aromatic carbocycles. The minimum Gasteiger partial charge on any atom is -0.354 e. The van der Waals surface area contributed by atoms with E-state index in [1.54, 1.807) is 17.0 Å². The summed E-state index contributed by atoms with van der Waals surface area (Å²) in [5.41, 5.74) is -0.00943. The fourth-order valence-corrected chi connectivity index (χ4v) is 1.99. The van der Waals surface area contributed by atoms with Crippen LogP contribution in [0.5, 0.6) is 0 Å². The first-order valence-electron chi connectivity index (χ1n) is 5.52. The highest BCUT2D eigenvalue weighted by molar-refractivity contribution is 6.20. The predicted molar refractivity (Wildman–Crippen MR) is 65.4 cm³/mol. The molecule has 4 nitrogen and oxygen atoms in total.